The molecule has 29 heavy (non-hydrogen) atoms. The average molecular weight is 404 g/mol. The van der Waals surface area contributed by atoms with Gasteiger partial charge in [0.15, 0.2) is 0 Å². The number of morpholine rings is 1. The molecule has 2 fully saturated rings. The zero-order chi connectivity index (χ0) is 20.5. The number of hydrogen-bond donors (Lipinski definition) is 1. The van der Waals surface area contributed by atoms with Crippen LogP contribution in [0.4, 0.5) is 4.79 Å². The van der Waals surface area contributed by atoms with E-state index >= 15 is 0 Å². The molecule has 2 saturated heterocycles. The number of carbonyl (C=O) groups is 2. The summed E-state index contributed by atoms with van der Waals surface area (Å²) in [6.07, 6.45) is 2.16. The van der Waals surface area contributed by atoms with Crippen molar-refractivity contribution in [3.05, 3.63) is 35.9 Å². The molecule has 2 aliphatic rings. The van der Waals surface area contributed by atoms with Crippen molar-refractivity contribution in [3.8, 4) is 0 Å². The Kier molecular flexibility index (Phi) is 8.31. The average Bonchev–Trinajstić information content (AvgIpc) is 2.75. The van der Waals surface area contributed by atoms with Gasteiger partial charge < -0.3 is 19.7 Å². The fourth-order valence-electron chi connectivity index (χ4n) is 4.03. The summed E-state index contributed by atoms with van der Waals surface area (Å²) in [5.41, 5.74) is 0.913. The maximum absolute atomic E-state index is 12.9. The molecule has 0 saturated carbocycles. The highest BCUT2D eigenvalue weighted by molar-refractivity contribution is 5.77. The van der Waals surface area contributed by atoms with Crippen molar-refractivity contribution >= 4 is 12.0 Å². The third-order valence-electron chi connectivity index (χ3n) is 5.70. The number of urea groups is 1. The maximum Gasteiger partial charge on any atom is 0.317 e. The summed E-state index contributed by atoms with van der Waals surface area (Å²) in [5, 5.41) is 3.05. The minimum Gasteiger partial charge on any atom is -0.466 e. The molecule has 7 heteroatoms. The molecule has 0 bridgehead atoms. The van der Waals surface area contributed by atoms with Crippen LogP contribution in [0.3, 0.4) is 0 Å². The quantitative estimate of drug-likeness (QED) is 0.708. The summed E-state index contributed by atoms with van der Waals surface area (Å²) in [6, 6.07) is 9.12. The van der Waals surface area contributed by atoms with E-state index in [4.69, 9.17) is 9.47 Å². The molecule has 0 radical (unpaired) electrons. The molecular formula is C22H33N3O4. The standard InChI is InChI=1S/C22H33N3O4/c1-2-29-21(26)16-20(19-6-4-3-5-7-19)23-22(27)25-10-8-18(9-11-25)17-24-12-14-28-15-13-24/h3-7,18,20H,2,8-17H2,1H3,(H,23,27)/t20-/m1/s1. The van der Waals surface area contributed by atoms with Gasteiger partial charge in [-0.3, -0.25) is 9.69 Å². The highest BCUT2D eigenvalue weighted by Crippen LogP contribution is 2.21. The summed E-state index contributed by atoms with van der Waals surface area (Å²) < 4.78 is 10.5. The molecule has 0 aliphatic carbocycles. The monoisotopic (exact) mass is 403 g/mol. The van der Waals surface area contributed by atoms with Gasteiger partial charge in [-0.15, -0.1) is 0 Å². The van der Waals surface area contributed by atoms with Crippen molar-refractivity contribution in [1.29, 1.82) is 0 Å². The van der Waals surface area contributed by atoms with E-state index in [1.54, 1.807) is 6.92 Å². The second-order valence-corrected chi connectivity index (χ2v) is 7.77. The fraction of sp³-hybridized carbons (Fsp3) is 0.636. The molecule has 2 amide bonds. The molecule has 2 heterocycles. The maximum atomic E-state index is 12.9. The van der Waals surface area contributed by atoms with E-state index in [9.17, 15) is 9.59 Å². The van der Waals surface area contributed by atoms with E-state index in [1.165, 1.54) is 0 Å². The first kappa shape index (κ1) is 21.6. The number of nitrogens with zero attached hydrogens (tertiary/aromatic N) is 2. The van der Waals surface area contributed by atoms with Crippen LogP contribution < -0.4 is 5.32 Å². The van der Waals surface area contributed by atoms with Crippen LogP contribution in [0.1, 0.15) is 37.8 Å². The summed E-state index contributed by atoms with van der Waals surface area (Å²) in [5.74, 6) is 0.326. The van der Waals surface area contributed by atoms with Crippen LogP contribution in [0.25, 0.3) is 0 Å². The van der Waals surface area contributed by atoms with Crippen LogP contribution in [-0.2, 0) is 14.3 Å². The number of benzene rings is 1. The molecule has 0 unspecified atom stereocenters. The van der Waals surface area contributed by atoms with Crippen LogP contribution in [-0.4, -0.2) is 74.3 Å². The molecule has 1 aromatic carbocycles. The van der Waals surface area contributed by atoms with Gasteiger partial charge in [-0.05, 0) is 31.2 Å². The van der Waals surface area contributed by atoms with Gasteiger partial charge >= 0.3 is 12.0 Å². The molecule has 160 valence electrons. The molecule has 3 rings (SSSR count). The first-order chi connectivity index (χ1) is 14.2. The largest absolute Gasteiger partial charge is 0.466 e. The SMILES string of the molecule is CCOC(=O)C[C@@H](NC(=O)N1CCC(CN2CCOCC2)CC1)c1ccccc1. The van der Waals surface area contributed by atoms with Crippen LogP contribution in [0.2, 0.25) is 0 Å². The number of amides is 2. The first-order valence-corrected chi connectivity index (χ1v) is 10.7. The van der Waals surface area contributed by atoms with Gasteiger partial charge in [0.25, 0.3) is 0 Å². The van der Waals surface area contributed by atoms with E-state index in [0.29, 0.717) is 12.5 Å². The van der Waals surface area contributed by atoms with Crippen LogP contribution in [0.5, 0.6) is 0 Å². The van der Waals surface area contributed by atoms with Gasteiger partial charge in [0.1, 0.15) is 0 Å². The second-order valence-electron chi connectivity index (χ2n) is 7.77. The van der Waals surface area contributed by atoms with Crippen molar-refractivity contribution in [2.24, 2.45) is 5.92 Å². The minimum atomic E-state index is -0.381. The first-order valence-electron chi connectivity index (χ1n) is 10.7. The third-order valence-corrected chi connectivity index (χ3v) is 5.70. The number of hydrogen-bond acceptors (Lipinski definition) is 5. The molecule has 0 spiro atoms. The van der Waals surface area contributed by atoms with E-state index in [-0.39, 0.29) is 24.5 Å². The Hall–Kier alpha value is -2.12. The minimum absolute atomic E-state index is 0.104. The lowest BCUT2D eigenvalue weighted by atomic mass is 9.96. The zero-order valence-corrected chi connectivity index (χ0v) is 17.3. The van der Waals surface area contributed by atoms with Gasteiger partial charge in [0, 0.05) is 32.7 Å². The summed E-state index contributed by atoms with van der Waals surface area (Å²) >= 11 is 0. The van der Waals surface area contributed by atoms with Gasteiger partial charge in [0.2, 0.25) is 0 Å². The molecule has 1 N–H and O–H groups in total. The number of piperidine rings is 1. The normalized spacial score (nSPS) is 19.6. The van der Waals surface area contributed by atoms with Crippen molar-refractivity contribution in [2.45, 2.75) is 32.2 Å². The number of ether oxygens (including phenoxy) is 2. The lowest BCUT2D eigenvalue weighted by molar-refractivity contribution is -0.143. The van der Waals surface area contributed by atoms with Crippen LogP contribution >= 0.6 is 0 Å². The smallest absolute Gasteiger partial charge is 0.317 e. The van der Waals surface area contributed by atoms with Crippen molar-refractivity contribution < 1.29 is 19.1 Å². The van der Waals surface area contributed by atoms with Gasteiger partial charge in [0.05, 0.1) is 32.3 Å². The molecule has 1 aromatic rings. The van der Waals surface area contributed by atoms with Crippen molar-refractivity contribution in [3.63, 3.8) is 0 Å². The van der Waals surface area contributed by atoms with Crippen molar-refractivity contribution in [2.75, 3.05) is 52.5 Å². The second kappa shape index (κ2) is 11.2. The topological polar surface area (TPSA) is 71.1 Å². The third kappa shape index (κ3) is 6.72. The number of likely N-dealkylation sites (tertiary alicyclic amines) is 1. The molecule has 0 aromatic heterocycles. The lowest BCUT2D eigenvalue weighted by Crippen LogP contribution is -2.48. The zero-order valence-electron chi connectivity index (χ0n) is 17.3. The Morgan fingerprint density at radius 3 is 2.48 bits per heavy atom. The number of nitrogens with one attached hydrogen (secondary N) is 1. The summed E-state index contributed by atoms with van der Waals surface area (Å²) in [7, 11) is 0. The van der Waals surface area contributed by atoms with E-state index in [1.807, 2.05) is 35.2 Å². The van der Waals surface area contributed by atoms with Gasteiger partial charge in [-0.1, -0.05) is 30.3 Å². The lowest BCUT2D eigenvalue weighted by Gasteiger charge is -2.36. The Labute approximate surface area is 173 Å². The summed E-state index contributed by atoms with van der Waals surface area (Å²) in [6.45, 7) is 8.38. The van der Waals surface area contributed by atoms with Crippen LogP contribution in [0, 0.1) is 5.92 Å². The Morgan fingerprint density at radius 1 is 1.14 bits per heavy atom. The van der Waals surface area contributed by atoms with E-state index < -0.39 is 0 Å². The van der Waals surface area contributed by atoms with Crippen molar-refractivity contribution in [1.82, 2.24) is 15.1 Å². The molecular weight excluding hydrogens is 370 g/mol. The van der Waals surface area contributed by atoms with Gasteiger partial charge in [-0.25, -0.2) is 4.79 Å². The summed E-state index contributed by atoms with van der Waals surface area (Å²) in [4.78, 5) is 29.2. The van der Waals surface area contributed by atoms with Crippen LogP contribution in [0.15, 0.2) is 30.3 Å². The predicted molar refractivity (Wildman–Crippen MR) is 111 cm³/mol. The molecule has 1 atom stereocenters. The number of carbonyl (C=O) groups excluding carboxylic acids is 2. The number of rotatable bonds is 7. The van der Waals surface area contributed by atoms with E-state index in [2.05, 4.69) is 10.2 Å². The highest BCUT2D eigenvalue weighted by Gasteiger charge is 2.27. The Bertz CT molecular complexity index is 641. The van der Waals surface area contributed by atoms with E-state index in [0.717, 1.165) is 64.3 Å². The van der Waals surface area contributed by atoms with Gasteiger partial charge in [-0.2, -0.15) is 0 Å². The Balaban J connectivity index is 1.51. The number of esters is 1. The fourth-order valence-corrected chi connectivity index (χ4v) is 4.03. The highest BCUT2D eigenvalue weighted by atomic mass is 16.5. The molecule has 7 nitrogen and oxygen atoms in total. The Morgan fingerprint density at radius 2 is 1.83 bits per heavy atom. The molecule has 2 aliphatic heterocycles. The predicted octanol–water partition coefficient (Wildman–Crippen LogP) is 2.43.